The van der Waals surface area contributed by atoms with Crippen molar-refractivity contribution < 1.29 is 4.52 Å². The number of hydrogen-bond donors (Lipinski definition) is 1. The van der Waals surface area contributed by atoms with E-state index in [9.17, 15) is 0 Å². The quantitative estimate of drug-likeness (QED) is 0.874. The monoisotopic (exact) mass is 235 g/mol. The Morgan fingerprint density at radius 3 is 2.65 bits per heavy atom. The Morgan fingerprint density at radius 1 is 1.29 bits per heavy atom. The lowest BCUT2D eigenvalue weighted by atomic mass is 9.97. The van der Waals surface area contributed by atoms with Crippen LogP contribution in [-0.2, 0) is 5.54 Å². The van der Waals surface area contributed by atoms with Crippen molar-refractivity contribution in [3.63, 3.8) is 0 Å². The Morgan fingerprint density at radius 2 is 2.06 bits per heavy atom. The van der Waals surface area contributed by atoms with Gasteiger partial charge in [-0.15, -0.1) is 0 Å². The fraction of sp³-hybridized carbons (Fsp3) is 0.846. The van der Waals surface area contributed by atoms with Crippen LogP contribution in [0, 0.1) is 11.8 Å². The molecule has 0 amide bonds. The maximum atomic E-state index is 6.29. The number of nitrogens with zero attached hydrogens (tertiary/aromatic N) is 2. The van der Waals surface area contributed by atoms with Gasteiger partial charge in [0.1, 0.15) is 0 Å². The summed E-state index contributed by atoms with van der Waals surface area (Å²) >= 11 is 0. The summed E-state index contributed by atoms with van der Waals surface area (Å²) in [6.45, 7) is 4.30. The molecule has 17 heavy (non-hydrogen) atoms. The standard InChI is InChI=1S/C13H21N3O/c1-8-3-4-9(7-8)11-15-12(17-16-11)13(2,14)10-5-6-10/h8-10H,3-7,14H2,1-2H3. The predicted octanol–water partition coefficient (Wildman–Crippen LogP) is 2.56. The molecule has 2 aliphatic carbocycles. The molecule has 2 aliphatic rings. The van der Waals surface area contributed by atoms with Gasteiger partial charge in [0.15, 0.2) is 5.82 Å². The lowest BCUT2D eigenvalue weighted by Crippen LogP contribution is -2.35. The average molecular weight is 235 g/mol. The Kier molecular flexibility index (Phi) is 2.51. The molecule has 4 heteroatoms. The molecule has 1 aromatic heterocycles. The zero-order chi connectivity index (χ0) is 12.0. The lowest BCUT2D eigenvalue weighted by Gasteiger charge is -2.18. The second-order valence-electron chi connectivity index (χ2n) is 6.13. The molecule has 0 aromatic carbocycles. The molecule has 0 spiro atoms. The van der Waals surface area contributed by atoms with Gasteiger partial charge in [0.05, 0.1) is 5.54 Å². The predicted molar refractivity (Wildman–Crippen MR) is 64.3 cm³/mol. The van der Waals surface area contributed by atoms with Crippen molar-refractivity contribution in [2.45, 2.75) is 57.4 Å². The van der Waals surface area contributed by atoms with Crippen LogP contribution >= 0.6 is 0 Å². The second-order valence-corrected chi connectivity index (χ2v) is 6.13. The Balaban J connectivity index is 1.78. The van der Waals surface area contributed by atoms with Gasteiger partial charge in [-0.25, -0.2) is 0 Å². The molecule has 4 nitrogen and oxygen atoms in total. The van der Waals surface area contributed by atoms with Gasteiger partial charge in [-0.05, 0) is 50.9 Å². The molecule has 94 valence electrons. The van der Waals surface area contributed by atoms with Crippen molar-refractivity contribution in [2.24, 2.45) is 17.6 Å². The molecule has 0 saturated heterocycles. The van der Waals surface area contributed by atoms with E-state index in [4.69, 9.17) is 10.3 Å². The number of nitrogens with two attached hydrogens (primary N) is 1. The third kappa shape index (κ3) is 1.99. The smallest absolute Gasteiger partial charge is 0.246 e. The maximum absolute atomic E-state index is 6.29. The SMILES string of the molecule is CC1CCC(c2noc(C(C)(N)C3CC3)n2)C1. The maximum Gasteiger partial charge on any atom is 0.246 e. The largest absolute Gasteiger partial charge is 0.337 e. The molecule has 0 radical (unpaired) electrons. The molecule has 2 N–H and O–H groups in total. The van der Waals surface area contributed by atoms with Crippen molar-refractivity contribution in [3.05, 3.63) is 11.7 Å². The van der Waals surface area contributed by atoms with Crippen LogP contribution in [0.4, 0.5) is 0 Å². The van der Waals surface area contributed by atoms with E-state index in [1.165, 1.54) is 32.1 Å². The van der Waals surface area contributed by atoms with Crippen molar-refractivity contribution in [3.8, 4) is 0 Å². The van der Waals surface area contributed by atoms with Gasteiger partial charge in [-0.1, -0.05) is 12.1 Å². The molecule has 2 saturated carbocycles. The van der Waals surface area contributed by atoms with Crippen molar-refractivity contribution >= 4 is 0 Å². The van der Waals surface area contributed by atoms with E-state index in [-0.39, 0.29) is 0 Å². The number of rotatable bonds is 3. The van der Waals surface area contributed by atoms with E-state index in [0.29, 0.717) is 17.7 Å². The summed E-state index contributed by atoms with van der Waals surface area (Å²) in [5.41, 5.74) is 5.87. The average Bonchev–Trinajstić information content (AvgIpc) is 2.87. The molecule has 0 bridgehead atoms. The van der Waals surface area contributed by atoms with Gasteiger partial charge in [-0.3, -0.25) is 0 Å². The van der Waals surface area contributed by atoms with E-state index < -0.39 is 5.54 Å². The van der Waals surface area contributed by atoms with E-state index in [0.717, 1.165) is 11.7 Å². The summed E-state index contributed by atoms with van der Waals surface area (Å²) in [6.07, 6.45) is 6.02. The molecule has 1 aromatic rings. The van der Waals surface area contributed by atoms with Gasteiger partial charge in [0.2, 0.25) is 5.89 Å². The van der Waals surface area contributed by atoms with Crippen LogP contribution in [0.1, 0.15) is 63.6 Å². The zero-order valence-electron chi connectivity index (χ0n) is 10.6. The first-order chi connectivity index (χ1) is 8.07. The van der Waals surface area contributed by atoms with Crippen LogP contribution in [-0.4, -0.2) is 10.1 Å². The second kappa shape index (κ2) is 3.80. The molecule has 3 rings (SSSR count). The third-order valence-corrected chi connectivity index (χ3v) is 4.39. The Labute approximate surface area is 102 Å². The van der Waals surface area contributed by atoms with Crippen LogP contribution < -0.4 is 5.73 Å². The van der Waals surface area contributed by atoms with Crippen molar-refractivity contribution in [1.29, 1.82) is 0 Å². The van der Waals surface area contributed by atoms with E-state index >= 15 is 0 Å². The zero-order valence-corrected chi connectivity index (χ0v) is 10.6. The van der Waals surface area contributed by atoms with Crippen LogP contribution in [0.3, 0.4) is 0 Å². The molecule has 3 unspecified atom stereocenters. The Bertz CT molecular complexity index is 409. The summed E-state index contributed by atoms with van der Waals surface area (Å²) < 4.78 is 5.39. The van der Waals surface area contributed by atoms with E-state index in [1.807, 2.05) is 6.92 Å². The minimum Gasteiger partial charge on any atom is -0.337 e. The first-order valence-electron chi connectivity index (χ1n) is 6.70. The van der Waals surface area contributed by atoms with Gasteiger partial charge >= 0.3 is 0 Å². The van der Waals surface area contributed by atoms with Crippen LogP contribution in [0.2, 0.25) is 0 Å². The highest BCUT2D eigenvalue weighted by Gasteiger charge is 2.44. The molecular weight excluding hydrogens is 214 g/mol. The number of aromatic nitrogens is 2. The van der Waals surface area contributed by atoms with Crippen LogP contribution in [0.5, 0.6) is 0 Å². The molecule has 0 aliphatic heterocycles. The summed E-state index contributed by atoms with van der Waals surface area (Å²) in [5, 5.41) is 4.14. The summed E-state index contributed by atoms with van der Waals surface area (Å²) in [4.78, 5) is 4.56. The summed E-state index contributed by atoms with van der Waals surface area (Å²) in [6, 6.07) is 0. The highest BCUT2D eigenvalue weighted by atomic mass is 16.5. The fourth-order valence-corrected chi connectivity index (χ4v) is 2.92. The number of hydrogen-bond acceptors (Lipinski definition) is 4. The third-order valence-electron chi connectivity index (χ3n) is 4.39. The summed E-state index contributed by atoms with van der Waals surface area (Å²) in [5.74, 6) is 3.31. The van der Waals surface area contributed by atoms with Crippen LogP contribution in [0.15, 0.2) is 4.52 Å². The van der Waals surface area contributed by atoms with Gasteiger partial charge in [-0.2, -0.15) is 4.98 Å². The molecular formula is C13H21N3O. The highest BCUT2D eigenvalue weighted by molar-refractivity contribution is 5.09. The lowest BCUT2D eigenvalue weighted by molar-refractivity contribution is 0.271. The van der Waals surface area contributed by atoms with Gasteiger partial charge in [0.25, 0.3) is 0 Å². The highest BCUT2D eigenvalue weighted by Crippen LogP contribution is 2.44. The van der Waals surface area contributed by atoms with Gasteiger partial charge in [0, 0.05) is 5.92 Å². The minimum atomic E-state index is -0.421. The molecule has 2 fully saturated rings. The van der Waals surface area contributed by atoms with E-state index in [2.05, 4.69) is 17.1 Å². The van der Waals surface area contributed by atoms with Crippen LogP contribution in [0.25, 0.3) is 0 Å². The first kappa shape index (κ1) is 11.2. The van der Waals surface area contributed by atoms with Gasteiger partial charge < -0.3 is 10.3 Å². The molecule has 3 atom stereocenters. The van der Waals surface area contributed by atoms with Crippen molar-refractivity contribution in [2.75, 3.05) is 0 Å². The van der Waals surface area contributed by atoms with Crippen molar-refractivity contribution in [1.82, 2.24) is 10.1 Å². The van der Waals surface area contributed by atoms with E-state index in [1.54, 1.807) is 0 Å². The minimum absolute atomic E-state index is 0.421. The fourth-order valence-electron chi connectivity index (χ4n) is 2.92. The molecule has 1 heterocycles. The summed E-state index contributed by atoms with van der Waals surface area (Å²) in [7, 11) is 0. The first-order valence-corrected chi connectivity index (χ1v) is 6.70. The Hall–Kier alpha value is -0.900. The topological polar surface area (TPSA) is 64.9 Å². The normalized spacial score (nSPS) is 32.6.